The van der Waals surface area contributed by atoms with Gasteiger partial charge in [-0.2, -0.15) is 0 Å². The van der Waals surface area contributed by atoms with Gasteiger partial charge in [-0.05, 0) is 36.1 Å². The Morgan fingerprint density at radius 1 is 0.875 bits per heavy atom. The van der Waals surface area contributed by atoms with Crippen molar-refractivity contribution < 1.29 is 14.3 Å². The minimum atomic E-state index is -0.0506. The average molecular weight is 437 g/mol. The van der Waals surface area contributed by atoms with Gasteiger partial charge in [0.15, 0.2) is 0 Å². The molecule has 0 unspecified atom stereocenters. The fourth-order valence-corrected chi connectivity index (χ4v) is 4.25. The number of urea groups is 1. The molecule has 0 spiro atoms. The van der Waals surface area contributed by atoms with Crippen molar-refractivity contribution in [1.29, 1.82) is 0 Å². The van der Waals surface area contributed by atoms with Crippen molar-refractivity contribution in [2.45, 2.75) is 32.0 Å². The Balaban J connectivity index is 1.23. The van der Waals surface area contributed by atoms with Crippen molar-refractivity contribution in [2.24, 2.45) is 0 Å². The summed E-state index contributed by atoms with van der Waals surface area (Å²) in [5, 5.41) is 6.17. The number of hydrogen-bond acceptors (Lipinski definition) is 4. The fraction of sp³-hybridized carbons (Fsp3) is 0.440. The van der Waals surface area contributed by atoms with Crippen LogP contribution in [0.25, 0.3) is 0 Å². The highest BCUT2D eigenvalue weighted by atomic mass is 16.5. The summed E-state index contributed by atoms with van der Waals surface area (Å²) in [7, 11) is 0. The first-order valence-corrected chi connectivity index (χ1v) is 11.4. The standard InChI is InChI=1S/C25H32N4O3/c30-24(20-6-2-1-3-7-20)27-23-10-12-29(13-11-23)25(31)26-18-21-8-4-5-9-22(21)19-28-14-16-32-17-15-28/h1-9,23H,10-19H2,(H,26,31)(H,27,30). The van der Waals surface area contributed by atoms with Gasteiger partial charge in [0.05, 0.1) is 13.2 Å². The number of rotatable bonds is 6. The summed E-state index contributed by atoms with van der Waals surface area (Å²) in [6, 6.07) is 17.6. The maximum absolute atomic E-state index is 12.7. The molecule has 2 N–H and O–H groups in total. The van der Waals surface area contributed by atoms with Gasteiger partial charge in [-0.3, -0.25) is 9.69 Å². The first kappa shape index (κ1) is 22.3. The van der Waals surface area contributed by atoms with Crippen LogP contribution in [0.15, 0.2) is 54.6 Å². The normalized spacial score (nSPS) is 17.7. The van der Waals surface area contributed by atoms with Gasteiger partial charge in [0, 0.05) is 50.9 Å². The summed E-state index contributed by atoms with van der Waals surface area (Å²) < 4.78 is 5.44. The number of carbonyl (C=O) groups excluding carboxylic acids is 2. The SMILES string of the molecule is O=C(NC1CCN(C(=O)NCc2ccccc2CN2CCOCC2)CC1)c1ccccc1. The first-order chi connectivity index (χ1) is 15.7. The van der Waals surface area contributed by atoms with E-state index in [1.165, 1.54) is 5.56 Å². The number of nitrogens with zero attached hydrogens (tertiary/aromatic N) is 2. The molecule has 2 aliphatic rings. The van der Waals surface area contributed by atoms with E-state index in [0.29, 0.717) is 25.2 Å². The van der Waals surface area contributed by atoms with Crippen molar-refractivity contribution in [3.63, 3.8) is 0 Å². The third kappa shape index (κ3) is 6.08. The van der Waals surface area contributed by atoms with Crippen molar-refractivity contribution in [2.75, 3.05) is 39.4 Å². The largest absolute Gasteiger partial charge is 0.379 e. The lowest BCUT2D eigenvalue weighted by molar-refractivity contribution is 0.0340. The molecule has 2 aromatic carbocycles. The van der Waals surface area contributed by atoms with Gasteiger partial charge in [0.1, 0.15) is 0 Å². The zero-order valence-electron chi connectivity index (χ0n) is 18.5. The van der Waals surface area contributed by atoms with E-state index in [1.54, 1.807) is 0 Å². The predicted molar refractivity (Wildman–Crippen MR) is 123 cm³/mol. The molecular weight excluding hydrogens is 404 g/mol. The van der Waals surface area contributed by atoms with E-state index in [4.69, 9.17) is 4.74 Å². The Morgan fingerprint density at radius 2 is 1.53 bits per heavy atom. The minimum Gasteiger partial charge on any atom is -0.379 e. The summed E-state index contributed by atoms with van der Waals surface area (Å²) in [5.74, 6) is -0.0506. The van der Waals surface area contributed by atoms with Crippen molar-refractivity contribution >= 4 is 11.9 Å². The van der Waals surface area contributed by atoms with Crippen LogP contribution in [-0.4, -0.2) is 67.2 Å². The van der Waals surface area contributed by atoms with Crippen LogP contribution in [0.3, 0.4) is 0 Å². The van der Waals surface area contributed by atoms with E-state index in [9.17, 15) is 9.59 Å². The topological polar surface area (TPSA) is 73.9 Å². The molecule has 32 heavy (non-hydrogen) atoms. The number of amides is 3. The van der Waals surface area contributed by atoms with Crippen molar-refractivity contribution in [3.05, 3.63) is 71.3 Å². The molecule has 0 atom stereocenters. The van der Waals surface area contributed by atoms with Crippen LogP contribution in [0.5, 0.6) is 0 Å². The minimum absolute atomic E-state index is 0.0426. The highest BCUT2D eigenvalue weighted by molar-refractivity contribution is 5.94. The van der Waals surface area contributed by atoms with Gasteiger partial charge in [0.2, 0.25) is 0 Å². The molecule has 0 bridgehead atoms. The average Bonchev–Trinajstić information content (AvgIpc) is 2.85. The maximum atomic E-state index is 12.7. The molecule has 7 heteroatoms. The molecule has 0 aliphatic carbocycles. The summed E-state index contributed by atoms with van der Waals surface area (Å²) >= 11 is 0. The Kier molecular flexibility index (Phi) is 7.74. The number of hydrogen-bond donors (Lipinski definition) is 2. The summed E-state index contributed by atoms with van der Waals surface area (Å²) in [4.78, 5) is 29.3. The Labute approximate surface area is 189 Å². The zero-order chi connectivity index (χ0) is 22.2. The van der Waals surface area contributed by atoms with Gasteiger partial charge in [0.25, 0.3) is 5.91 Å². The number of nitrogens with one attached hydrogen (secondary N) is 2. The third-order valence-electron chi connectivity index (χ3n) is 6.20. The van der Waals surface area contributed by atoms with Crippen LogP contribution >= 0.6 is 0 Å². The molecule has 170 valence electrons. The molecule has 2 aliphatic heterocycles. The van der Waals surface area contributed by atoms with Gasteiger partial charge in [-0.25, -0.2) is 4.79 Å². The second kappa shape index (κ2) is 11.1. The fourth-order valence-electron chi connectivity index (χ4n) is 4.25. The van der Waals surface area contributed by atoms with Crippen molar-refractivity contribution in [1.82, 2.24) is 20.4 Å². The molecule has 7 nitrogen and oxygen atoms in total. The third-order valence-corrected chi connectivity index (χ3v) is 6.20. The second-order valence-corrected chi connectivity index (χ2v) is 8.42. The molecule has 4 rings (SSSR count). The molecule has 0 radical (unpaired) electrons. The first-order valence-electron chi connectivity index (χ1n) is 11.4. The van der Waals surface area contributed by atoms with E-state index in [2.05, 4.69) is 33.7 Å². The van der Waals surface area contributed by atoms with Gasteiger partial charge < -0.3 is 20.3 Å². The predicted octanol–water partition coefficient (Wildman–Crippen LogP) is 2.62. The highest BCUT2D eigenvalue weighted by Gasteiger charge is 2.24. The van der Waals surface area contributed by atoms with E-state index in [-0.39, 0.29) is 18.0 Å². The summed E-state index contributed by atoms with van der Waals surface area (Å²) in [5.41, 5.74) is 3.07. The smallest absolute Gasteiger partial charge is 0.317 e. The van der Waals surface area contributed by atoms with Crippen LogP contribution < -0.4 is 10.6 Å². The number of benzene rings is 2. The monoisotopic (exact) mass is 436 g/mol. The Bertz CT molecular complexity index is 891. The summed E-state index contributed by atoms with van der Waals surface area (Å²) in [6.45, 7) is 6.11. The number of ether oxygens (including phenoxy) is 1. The quantitative estimate of drug-likeness (QED) is 0.730. The van der Waals surface area contributed by atoms with E-state index >= 15 is 0 Å². The lowest BCUT2D eigenvalue weighted by Crippen LogP contribution is -2.49. The molecule has 2 heterocycles. The summed E-state index contributed by atoms with van der Waals surface area (Å²) in [6.07, 6.45) is 1.53. The number of morpholine rings is 1. The van der Waals surface area contributed by atoms with Gasteiger partial charge in [-0.15, -0.1) is 0 Å². The van der Waals surface area contributed by atoms with Crippen LogP contribution in [0.2, 0.25) is 0 Å². The van der Waals surface area contributed by atoms with Gasteiger partial charge in [-0.1, -0.05) is 42.5 Å². The van der Waals surface area contributed by atoms with E-state index in [1.807, 2.05) is 41.3 Å². The molecular formula is C25H32N4O3. The molecule has 3 amide bonds. The Hall–Kier alpha value is -2.90. The second-order valence-electron chi connectivity index (χ2n) is 8.42. The number of likely N-dealkylation sites (tertiary alicyclic amines) is 1. The van der Waals surface area contributed by atoms with E-state index < -0.39 is 0 Å². The van der Waals surface area contributed by atoms with E-state index in [0.717, 1.165) is 51.3 Å². The number of carbonyl (C=O) groups is 2. The maximum Gasteiger partial charge on any atom is 0.317 e. The van der Waals surface area contributed by atoms with Crippen LogP contribution in [0.1, 0.15) is 34.3 Å². The van der Waals surface area contributed by atoms with Crippen LogP contribution in [-0.2, 0) is 17.8 Å². The van der Waals surface area contributed by atoms with Crippen molar-refractivity contribution in [3.8, 4) is 0 Å². The Morgan fingerprint density at radius 3 is 2.25 bits per heavy atom. The lowest BCUT2D eigenvalue weighted by Gasteiger charge is -2.32. The van der Waals surface area contributed by atoms with Gasteiger partial charge >= 0.3 is 6.03 Å². The molecule has 2 fully saturated rings. The molecule has 2 aromatic rings. The zero-order valence-corrected chi connectivity index (χ0v) is 18.5. The highest BCUT2D eigenvalue weighted by Crippen LogP contribution is 2.15. The molecule has 2 saturated heterocycles. The molecule has 0 saturated carbocycles. The van der Waals surface area contributed by atoms with Crippen LogP contribution in [0, 0.1) is 0 Å². The lowest BCUT2D eigenvalue weighted by atomic mass is 10.0. The number of piperidine rings is 1. The molecule has 0 aromatic heterocycles. The van der Waals surface area contributed by atoms with Crippen LogP contribution in [0.4, 0.5) is 4.79 Å².